The number of hydrogen-bond donors (Lipinski definition) is 3. The monoisotopic (exact) mass is 349 g/mol. The number of rotatable bonds is 5. The maximum absolute atomic E-state index is 13.0. The lowest BCUT2D eigenvalue weighted by atomic mass is 10.3. The molecular weight excluding hydrogens is 333 g/mol. The first-order valence-corrected chi connectivity index (χ1v) is 7.36. The molecule has 0 saturated heterocycles. The third kappa shape index (κ3) is 5.73. The van der Waals surface area contributed by atoms with Crippen molar-refractivity contribution in [2.75, 3.05) is 19.0 Å². The first-order chi connectivity index (χ1) is 11.6. The van der Waals surface area contributed by atoms with Gasteiger partial charge in [-0.3, -0.25) is 15.6 Å². The van der Waals surface area contributed by atoms with Gasteiger partial charge >= 0.3 is 0 Å². The predicted octanol–water partition coefficient (Wildman–Crippen LogP) is 2.23. The Balaban J connectivity index is 1.73. The lowest BCUT2D eigenvalue weighted by molar-refractivity contribution is -0.123. The zero-order valence-corrected chi connectivity index (χ0v) is 13.7. The summed E-state index contributed by atoms with van der Waals surface area (Å²) < 4.78 is 23.2. The van der Waals surface area contributed by atoms with Crippen molar-refractivity contribution in [3.8, 4) is 11.5 Å². The van der Waals surface area contributed by atoms with Crippen molar-refractivity contribution in [2.45, 2.75) is 0 Å². The van der Waals surface area contributed by atoms with E-state index in [4.69, 9.17) is 21.7 Å². The largest absolute Gasteiger partial charge is 0.497 e. The van der Waals surface area contributed by atoms with E-state index in [0.717, 1.165) is 0 Å². The third-order valence-corrected chi connectivity index (χ3v) is 3.01. The average Bonchev–Trinajstić information content (AvgIpc) is 2.58. The normalized spacial score (nSPS) is 9.75. The lowest BCUT2D eigenvalue weighted by Crippen LogP contribution is -2.45. The van der Waals surface area contributed by atoms with Gasteiger partial charge in [0.25, 0.3) is 5.91 Å². The maximum atomic E-state index is 13.0. The van der Waals surface area contributed by atoms with Crippen LogP contribution in [0.15, 0.2) is 48.5 Å². The van der Waals surface area contributed by atoms with E-state index in [1.807, 2.05) is 0 Å². The van der Waals surface area contributed by atoms with Crippen LogP contribution in [-0.2, 0) is 4.79 Å². The van der Waals surface area contributed by atoms with Crippen molar-refractivity contribution < 1.29 is 18.7 Å². The highest BCUT2D eigenvalue weighted by Crippen LogP contribution is 2.16. The van der Waals surface area contributed by atoms with E-state index < -0.39 is 11.7 Å². The predicted molar refractivity (Wildman–Crippen MR) is 92.4 cm³/mol. The number of anilines is 1. The maximum Gasteiger partial charge on any atom is 0.276 e. The lowest BCUT2D eigenvalue weighted by Gasteiger charge is -2.12. The zero-order chi connectivity index (χ0) is 17.4. The number of amides is 1. The minimum absolute atomic E-state index is 0.197. The molecule has 0 aromatic heterocycles. The van der Waals surface area contributed by atoms with E-state index in [-0.39, 0.29) is 17.5 Å². The molecule has 3 N–H and O–H groups in total. The Kier molecular flexibility index (Phi) is 6.32. The molecule has 0 aliphatic rings. The van der Waals surface area contributed by atoms with Gasteiger partial charge in [-0.2, -0.15) is 0 Å². The number of ether oxygens (including phenoxy) is 2. The van der Waals surface area contributed by atoms with E-state index in [1.165, 1.54) is 18.2 Å². The first-order valence-electron chi connectivity index (χ1n) is 6.95. The second-order valence-corrected chi connectivity index (χ2v) is 5.01. The van der Waals surface area contributed by atoms with Crippen LogP contribution in [0.4, 0.5) is 10.1 Å². The number of halogens is 1. The number of thiocarbonyl (C=S) groups is 1. The topological polar surface area (TPSA) is 71.6 Å². The molecule has 6 nitrogen and oxygen atoms in total. The standard InChI is InChI=1S/C16H16FN3O3S/c1-22-13-6-3-5-12(9-13)18-16(24)20-19-15(21)10-23-14-7-2-4-11(17)8-14/h2-9H,10H2,1H3,(H,19,21)(H2,18,20,24). The fraction of sp³-hybridized carbons (Fsp3) is 0.125. The summed E-state index contributed by atoms with van der Waals surface area (Å²) in [6, 6.07) is 12.7. The second-order valence-electron chi connectivity index (χ2n) is 4.61. The fourth-order valence-corrected chi connectivity index (χ4v) is 1.90. The van der Waals surface area contributed by atoms with Crippen molar-refractivity contribution in [1.82, 2.24) is 10.9 Å². The molecule has 2 rings (SSSR count). The summed E-state index contributed by atoms with van der Waals surface area (Å²) in [6.45, 7) is -0.280. The van der Waals surface area contributed by atoms with Crippen LogP contribution in [-0.4, -0.2) is 24.7 Å². The molecule has 0 spiro atoms. The summed E-state index contributed by atoms with van der Waals surface area (Å²) in [5.74, 6) is 0.0429. The highest BCUT2D eigenvalue weighted by molar-refractivity contribution is 7.80. The molecule has 2 aromatic carbocycles. The van der Waals surface area contributed by atoms with Gasteiger partial charge in [0.2, 0.25) is 0 Å². The summed E-state index contributed by atoms with van der Waals surface area (Å²) in [4.78, 5) is 11.7. The Morgan fingerprint density at radius 3 is 2.62 bits per heavy atom. The summed E-state index contributed by atoms with van der Waals surface area (Å²) >= 11 is 5.06. The van der Waals surface area contributed by atoms with Crippen molar-refractivity contribution in [3.63, 3.8) is 0 Å². The van der Waals surface area contributed by atoms with Gasteiger partial charge in [-0.25, -0.2) is 4.39 Å². The number of carbonyl (C=O) groups is 1. The molecule has 126 valence electrons. The molecule has 8 heteroatoms. The van der Waals surface area contributed by atoms with Crippen LogP contribution in [0.1, 0.15) is 0 Å². The van der Waals surface area contributed by atoms with Gasteiger partial charge in [-0.05, 0) is 36.5 Å². The molecule has 0 aliphatic carbocycles. The van der Waals surface area contributed by atoms with Gasteiger partial charge in [0.15, 0.2) is 11.7 Å². The van der Waals surface area contributed by atoms with Crippen LogP contribution in [0.2, 0.25) is 0 Å². The molecule has 0 unspecified atom stereocenters. The highest BCUT2D eigenvalue weighted by Gasteiger charge is 2.05. The second kappa shape index (κ2) is 8.68. The van der Waals surface area contributed by atoms with Crippen LogP contribution in [0, 0.1) is 5.82 Å². The third-order valence-electron chi connectivity index (χ3n) is 2.81. The van der Waals surface area contributed by atoms with E-state index in [1.54, 1.807) is 37.4 Å². The molecule has 0 aliphatic heterocycles. The van der Waals surface area contributed by atoms with Crippen molar-refractivity contribution in [2.24, 2.45) is 0 Å². The highest BCUT2D eigenvalue weighted by atomic mass is 32.1. The molecule has 0 atom stereocenters. The minimum Gasteiger partial charge on any atom is -0.497 e. The molecule has 0 saturated carbocycles. The average molecular weight is 349 g/mol. The number of hydrogen-bond acceptors (Lipinski definition) is 4. The summed E-state index contributed by atoms with van der Waals surface area (Å²) in [6.07, 6.45) is 0. The van der Waals surface area contributed by atoms with Gasteiger partial charge in [0.1, 0.15) is 17.3 Å². The summed E-state index contributed by atoms with van der Waals surface area (Å²) in [5, 5.41) is 3.09. The number of carbonyl (C=O) groups excluding carboxylic acids is 1. The van der Waals surface area contributed by atoms with Crippen LogP contribution < -0.4 is 25.6 Å². The molecule has 0 radical (unpaired) electrons. The van der Waals surface area contributed by atoms with Crippen LogP contribution >= 0.6 is 12.2 Å². The van der Waals surface area contributed by atoms with E-state index >= 15 is 0 Å². The van der Waals surface area contributed by atoms with Crippen LogP contribution in [0.3, 0.4) is 0 Å². The Bertz CT molecular complexity index is 727. The smallest absolute Gasteiger partial charge is 0.276 e. The molecular formula is C16H16FN3O3S. The van der Waals surface area contributed by atoms with Crippen molar-refractivity contribution in [1.29, 1.82) is 0 Å². The van der Waals surface area contributed by atoms with E-state index in [2.05, 4.69) is 16.2 Å². The number of benzene rings is 2. The van der Waals surface area contributed by atoms with Crippen LogP contribution in [0.5, 0.6) is 11.5 Å². The molecule has 0 fully saturated rings. The van der Waals surface area contributed by atoms with E-state index in [9.17, 15) is 9.18 Å². The Morgan fingerprint density at radius 2 is 1.88 bits per heavy atom. The summed E-state index contributed by atoms with van der Waals surface area (Å²) in [5.41, 5.74) is 5.62. The molecule has 2 aromatic rings. The number of hydrazine groups is 1. The van der Waals surface area contributed by atoms with E-state index in [0.29, 0.717) is 11.4 Å². The van der Waals surface area contributed by atoms with Gasteiger partial charge in [0, 0.05) is 17.8 Å². The Labute approximate surface area is 143 Å². The minimum atomic E-state index is -0.464. The van der Waals surface area contributed by atoms with Crippen molar-refractivity contribution >= 4 is 28.9 Å². The SMILES string of the molecule is COc1cccc(NC(=S)NNC(=O)COc2cccc(F)c2)c1. The van der Waals surface area contributed by atoms with Gasteiger partial charge in [0.05, 0.1) is 7.11 Å². The number of methoxy groups -OCH3 is 1. The Morgan fingerprint density at radius 1 is 1.12 bits per heavy atom. The van der Waals surface area contributed by atoms with Gasteiger partial charge < -0.3 is 14.8 Å². The Hall–Kier alpha value is -2.87. The summed E-state index contributed by atoms with van der Waals surface area (Å²) in [7, 11) is 1.56. The molecule has 0 bridgehead atoms. The van der Waals surface area contributed by atoms with Crippen molar-refractivity contribution in [3.05, 3.63) is 54.3 Å². The fourth-order valence-electron chi connectivity index (χ4n) is 1.73. The van der Waals surface area contributed by atoms with Gasteiger partial charge in [-0.15, -0.1) is 0 Å². The molecule has 1 amide bonds. The molecule has 0 heterocycles. The van der Waals surface area contributed by atoms with Gasteiger partial charge in [-0.1, -0.05) is 12.1 Å². The first kappa shape index (κ1) is 17.5. The van der Waals surface area contributed by atoms with Crippen LogP contribution in [0.25, 0.3) is 0 Å². The quantitative estimate of drug-likeness (QED) is 0.568. The number of nitrogens with one attached hydrogen (secondary N) is 3. The molecule has 24 heavy (non-hydrogen) atoms. The zero-order valence-electron chi connectivity index (χ0n) is 12.8.